The molecule has 0 aromatic heterocycles. The zero-order valence-electron chi connectivity index (χ0n) is 9.36. The predicted molar refractivity (Wildman–Crippen MR) is 59.2 cm³/mol. The third-order valence-electron chi connectivity index (χ3n) is 2.07. The standard InChI is InChI=1S/C9H14N2O5S/c1-6(2)9(13)10-5-7(12)16-8-3-4-11-17(8,14)15/h8,11H,1,3-5H2,2H3,(H,10,13). The number of sulfonamides is 1. The van der Waals surface area contributed by atoms with Crippen molar-refractivity contribution in [3.8, 4) is 0 Å². The van der Waals surface area contributed by atoms with E-state index in [1.807, 2.05) is 0 Å². The van der Waals surface area contributed by atoms with Gasteiger partial charge < -0.3 is 10.1 Å². The van der Waals surface area contributed by atoms with Gasteiger partial charge in [-0.05, 0) is 6.92 Å². The molecule has 7 nitrogen and oxygen atoms in total. The van der Waals surface area contributed by atoms with E-state index in [2.05, 4.69) is 16.6 Å². The molecule has 1 heterocycles. The highest BCUT2D eigenvalue weighted by Crippen LogP contribution is 2.12. The molecule has 1 unspecified atom stereocenters. The topological polar surface area (TPSA) is 102 Å². The first-order valence-corrected chi connectivity index (χ1v) is 6.49. The molecule has 2 N–H and O–H groups in total. The van der Waals surface area contributed by atoms with Gasteiger partial charge in [-0.1, -0.05) is 6.58 Å². The van der Waals surface area contributed by atoms with Gasteiger partial charge in [0.2, 0.25) is 21.4 Å². The van der Waals surface area contributed by atoms with Crippen LogP contribution < -0.4 is 10.0 Å². The first-order chi connectivity index (χ1) is 7.83. The van der Waals surface area contributed by atoms with Gasteiger partial charge in [0.1, 0.15) is 6.54 Å². The summed E-state index contributed by atoms with van der Waals surface area (Å²) in [7, 11) is -3.56. The maximum absolute atomic E-state index is 11.3. The molecule has 0 bridgehead atoms. The zero-order chi connectivity index (χ0) is 13.1. The lowest BCUT2D eigenvalue weighted by atomic mass is 10.3. The Hall–Kier alpha value is -1.41. The summed E-state index contributed by atoms with van der Waals surface area (Å²) < 4.78 is 29.5. The fraction of sp³-hybridized carbons (Fsp3) is 0.556. The molecule has 1 fully saturated rings. The van der Waals surface area contributed by atoms with Crippen molar-refractivity contribution < 1.29 is 22.7 Å². The first kappa shape index (κ1) is 13.7. The van der Waals surface area contributed by atoms with E-state index in [-0.39, 0.29) is 25.1 Å². The van der Waals surface area contributed by atoms with E-state index in [9.17, 15) is 18.0 Å². The van der Waals surface area contributed by atoms with E-state index >= 15 is 0 Å². The van der Waals surface area contributed by atoms with Crippen LogP contribution in [0.2, 0.25) is 0 Å². The molecule has 0 aliphatic carbocycles. The van der Waals surface area contributed by atoms with Crippen LogP contribution in [0.4, 0.5) is 0 Å². The van der Waals surface area contributed by atoms with Gasteiger partial charge in [-0.2, -0.15) is 0 Å². The smallest absolute Gasteiger partial charge is 0.326 e. The summed E-state index contributed by atoms with van der Waals surface area (Å²) in [6.45, 7) is 4.75. The van der Waals surface area contributed by atoms with Crippen LogP contribution in [0, 0.1) is 0 Å². The van der Waals surface area contributed by atoms with Gasteiger partial charge in [-0.15, -0.1) is 0 Å². The molecular formula is C9H14N2O5S. The number of ether oxygens (including phenoxy) is 1. The number of esters is 1. The molecule has 96 valence electrons. The fourth-order valence-corrected chi connectivity index (χ4v) is 2.43. The Bertz CT molecular complexity index is 442. The number of carbonyl (C=O) groups is 2. The van der Waals surface area contributed by atoms with Gasteiger partial charge in [0, 0.05) is 18.5 Å². The van der Waals surface area contributed by atoms with Crippen molar-refractivity contribution in [1.82, 2.24) is 10.0 Å². The normalized spacial score (nSPS) is 21.8. The van der Waals surface area contributed by atoms with Gasteiger partial charge in [-0.3, -0.25) is 9.59 Å². The minimum absolute atomic E-state index is 0.211. The summed E-state index contributed by atoms with van der Waals surface area (Å²) in [5.74, 6) is -1.27. The van der Waals surface area contributed by atoms with Gasteiger partial charge in [0.05, 0.1) is 0 Å². The number of rotatable bonds is 4. The molecule has 8 heteroatoms. The molecule has 0 aromatic rings. The lowest BCUT2D eigenvalue weighted by molar-refractivity contribution is -0.145. The summed E-state index contributed by atoms with van der Waals surface area (Å²) in [6.07, 6.45) is 0.211. The van der Waals surface area contributed by atoms with E-state index in [4.69, 9.17) is 4.74 Å². The highest BCUT2D eigenvalue weighted by Gasteiger charge is 2.34. The van der Waals surface area contributed by atoms with Crippen LogP contribution in [-0.4, -0.2) is 38.8 Å². The van der Waals surface area contributed by atoms with E-state index < -0.39 is 27.3 Å². The lowest BCUT2D eigenvalue weighted by Gasteiger charge is -2.10. The molecule has 1 amide bonds. The van der Waals surface area contributed by atoms with E-state index in [1.54, 1.807) is 0 Å². The number of amides is 1. The second-order valence-corrected chi connectivity index (χ2v) is 5.51. The maximum Gasteiger partial charge on any atom is 0.326 e. The predicted octanol–water partition coefficient (Wildman–Crippen LogP) is -1.13. The molecule has 0 aromatic carbocycles. The van der Waals surface area contributed by atoms with E-state index in [1.165, 1.54) is 6.92 Å². The van der Waals surface area contributed by atoms with Crippen LogP contribution in [0.1, 0.15) is 13.3 Å². The van der Waals surface area contributed by atoms with Crippen LogP contribution in [0.3, 0.4) is 0 Å². The van der Waals surface area contributed by atoms with Crippen LogP contribution >= 0.6 is 0 Å². The minimum Gasteiger partial charge on any atom is -0.443 e. The van der Waals surface area contributed by atoms with Crippen molar-refractivity contribution >= 4 is 21.9 Å². The van der Waals surface area contributed by atoms with Gasteiger partial charge in [0.25, 0.3) is 0 Å². The Labute approximate surface area is 99.3 Å². The number of nitrogens with one attached hydrogen (secondary N) is 2. The molecule has 1 atom stereocenters. The summed E-state index contributed by atoms with van der Waals surface area (Å²) in [6, 6.07) is 0. The van der Waals surface area contributed by atoms with Crippen LogP contribution in [-0.2, 0) is 24.3 Å². The van der Waals surface area contributed by atoms with E-state index in [0.717, 1.165) is 0 Å². The summed E-state index contributed by atoms with van der Waals surface area (Å²) in [5, 5.41) is 2.25. The first-order valence-electron chi connectivity index (χ1n) is 4.94. The average Bonchev–Trinajstić information content (AvgIpc) is 2.54. The Morgan fingerprint density at radius 1 is 1.53 bits per heavy atom. The van der Waals surface area contributed by atoms with Crippen LogP contribution in [0.15, 0.2) is 12.2 Å². The molecule has 0 radical (unpaired) electrons. The third kappa shape index (κ3) is 3.82. The molecule has 1 aliphatic heterocycles. The van der Waals surface area contributed by atoms with Gasteiger partial charge in [-0.25, -0.2) is 13.1 Å². The van der Waals surface area contributed by atoms with Crippen molar-refractivity contribution in [3.63, 3.8) is 0 Å². The third-order valence-corrected chi connectivity index (χ3v) is 3.70. The van der Waals surface area contributed by atoms with E-state index in [0.29, 0.717) is 0 Å². The lowest BCUT2D eigenvalue weighted by Crippen LogP contribution is -2.34. The monoisotopic (exact) mass is 262 g/mol. The molecule has 0 spiro atoms. The Kier molecular flexibility index (Phi) is 4.24. The highest BCUT2D eigenvalue weighted by atomic mass is 32.2. The number of hydrogen-bond acceptors (Lipinski definition) is 5. The highest BCUT2D eigenvalue weighted by molar-refractivity contribution is 7.90. The average molecular weight is 262 g/mol. The maximum atomic E-state index is 11.3. The summed E-state index contributed by atoms with van der Waals surface area (Å²) in [4.78, 5) is 22.3. The minimum atomic E-state index is -3.56. The number of carbonyl (C=O) groups excluding carboxylic acids is 2. The largest absolute Gasteiger partial charge is 0.443 e. The van der Waals surface area contributed by atoms with Crippen molar-refractivity contribution in [1.29, 1.82) is 0 Å². The fourth-order valence-electron chi connectivity index (χ4n) is 1.18. The Morgan fingerprint density at radius 3 is 2.65 bits per heavy atom. The van der Waals surface area contributed by atoms with Crippen molar-refractivity contribution in [2.24, 2.45) is 0 Å². The quantitative estimate of drug-likeness (QED) is 0.493. The molecule has 1 rings (SSSR count). The molecular weight excluding hydrogens is 248 g/mol. The molecule has 17 heavy (non-hydrogen) atoms. The van der Waals surface area contributed by atoms with Crippen molar-refractivity contribution in [2.45, 2.75) is 18.8 Å². The Balaban J connectivity index is 2.40. The van der Waals surface area contributed by atoms with Crippen molar-refractivity contribution in [3.05, 3.63) is 12.2 Å². The zero-order valence-corrected chi connectivity index (χ0v) is 10.2. The van der Waals surface area contributed by atoms with Crippen LogP contribution in [0.5, 0.6) is 0 Å². The molecule has 1 saturated heterocycles. The van der Waals surface area contributed by atoms with Crippen molar-refractivity contribution in [2.75, 3.05) is 13.1 Å². The SMILES string of the molecule is C=C(C)C(=O)NCC(=O)OC1CCNS1(=O)=O. The summed E-state index contributed by atoms with van der Waals surface area (Å²) in [5.41, 5.74) is -0.912. The second-order valence-electron chi connectivity index (χ2n) is 3.61. The van der Waals surface area contributed by atoms with Crippen LogP contribution in [0.25, 0.3) is 0 Å². The summed E-state index contributed by atoms with van der Waals surface area (Å²) >= 11 is 0. The van der Waals surface area contributed by atoms with Gasteiger partial charge >= 0.3 is 5.97 Å². The molecule has 1 aliphatic rings. The Morgan fingerprint density at radius 2 is 2.18 bits per heavy atom. The van der Waals surface area contributed by atoms with Gasteiger partial charge in [0.15, 0.2) is 0 Å². The molecule has 0 saturated carbocycles. The number of hydrogen-bond donors (Lipinski definition) is 2. The second kappa shape index (κ2) is 5.28.